The molecule has 3 aromatic rings. The minimum atomic E-state index is 0.660. The Morgan fingerprint density at radius 2 is 1.54 bits per heavy atom. The zero-order valence-corrected chi connectivity index (χ0v) is 17.0. The zero-order valence-electron chi connectivity index (χ0n) is 16.1. The number of aromatic nitrogens is 1. The number of hydrogen-bond donors (Lipinski definition) is 0. The molecular formula is C23H28N2S. The van der Waals surface area contributed by atoms with Gasteiger partial charge in [-0.05, 0) is 47.7 Å². The maximum atomic E-state index is 4.66. The van der Waals surface area contributed by atoms with Crippen LogP contribution in [-0.2, 0) is 0 Å². The van der Waals surface area contributed by atoms with Crippen molar-refractivity contribution in [1.82, 2.24) is 4.98 Å². The van der Waals surface area contributed by atoms with Gasteiger partial charge in [0.05, 0.1) is 10.2 Å². The van der Waals surface area contributed by atoms with E-state index in [1.54, 1.807) is 11.3 Å². The highest BCUT2D eigenvalue weighted by molar-refractivity contribution is 7.19. The summed E-state index contributed by atoms with van der Waals surface area (Å²) in [5.41, 5.74) is 3.59. The molecule has 0 aliphatic carbocycles. The van der Waals surface area contributed by atoms with Gasteiger partial charge in [0, 0.05) is 18.8 Å². The van der Waals surface area contributed by atoms with Crippen molar-refractivity contribution >= 4 is 39.4 Å². The fourth-order valence-corrected chi connectivity index (χ4v) is 3.96. The van der Waals surface area contributed by atoms with Crippen molar-refractivity contribution in [3.05, 3.63) is 59.1 Å². The molecule has 0 fully saturated rings. The van der Waals surface area contributed by atoms with Gasteiger partial charge >= 0.3 is 0 Å². The number of fused-ring (bicyclic) bond motifs is 1. The Morgan fingerprint density at radius 1 is 0.885 bits per heavy atom. The van der Waals surface area contributed by atoms with Gasteiger partial charge in [-0.1, -0.05) is 58.0 Å². The Bertz CT molecular complexity index is 816. The number of thiazole rings is 1. The molecule has 3 rings (SSSR count). The van der Waals surface area contributed by atoms with E-state index in [-0.39, 0.29) is 0 Å². The maximum Gasteiger partial charge on any atom is 0.117 e. The van der Waals surface area contributed by atoms with Crippen LogP contribution in [-0.4, -0.2) is 18.1 Å². The maximum absolute atomic E-state index is 4.66. The molecule has 0 saturated heterocycles. The first-order valence-electron chi connectivity index (χ1n) is 9.40. The van der Waals surface area contributed by atoms with E-state index in [0.717, 1.165) is 23.6 Å². The molecule has 0 aliphatic rings. The minimum absolute atomic E-state index is 0.660. The second kappa shape index (κ2) is 8.50. The third-order valence-corrected chi connectivity index (χ3v) is 5.16. The van der Waals surface area contributed by atoms with Crippen molar-refractivity contribution in [1.29, 1.82) is 0 Å². The Balaban J connectivity index is 1.73. The molecule has 0 N–H and O–H groups in total. The van der Waals surface area contributed by atoms with Crippen molar-refractivity contribution in [3.8, 4) is 0 Å². The number of para-hydroxylation sites is 1. The van der Waals surface area contributed by atoms with Crippen LogP contribution >= 0.6 is 11.3 Å². The molecule has 0 spiro atoms. The van der Waals surface area contributed by atoms with Crippen LogP contribution in [0.1, 0.15) is 38.3 Å². The molecule has 3 heteroatoms. The molecule has 26 heavy (non-hydrogen) atoms. The van der Waals surface area contributed by atoms with Gasteiger partial charge in [0.2, 0.25) is 0 Å². The van der Waals surface area contributed by atoms with E-state index in [4.69, 9.17) is 0 Å². The number of anilines is 1. The molecule has 0 aliphatic heterocycles. The molecule has 136 valence electrons. The minimum Gasteiger partial charge on any atom is -0.371 e. The van der Waals surface area contributed by atoms with E-state index >= 15 is 0 Å². The standard InChI is InChI=1S/C23H28N2S/c1-17(2)15-25(16-18(3)4)20-12-9-19(10-13-20)11-14-23-24-21-7-5-6-8-22(21)26-23/h5-14,17-18H,15-16H2,1-4H3/b14-11+. The predicted molar refractivity (Wildman–Crippen MR) is 117 cm³/mol. The molecule has 0 unspecified atom stereocenters. The summed E-state index contributed by atoms with van der Waals surface area (Å²) in [6.45, 7) is 11.3. The molecular weight excluding hydrogens is 336 g/mol. The van der Waals surface area contributed by atoms with Gasteiger partial charge in [0.1, 0.15) is 5.01 Å². The molecule has 0 bridgehead atoms. The van der Waals surface area contributed by atoms with Gasteiger partial charge in [-0.15, -0.1) is 11.3 Å². The molecule has 2 nitrogen and oxygen atoms in total. The molecule has 0 radical (unpaired) electrons. The number of nitrogens with zero attached hydrogens (tertiary/aromatic N) is 2. The molecule has 1 aromatic heterocycles. The van der Waals surface area contributed by atoms with Crippen LogP contribution in [0.3, 0.4) is 0 Å². The molecule has 0 atom stereocenters. The quantitative estimate of drug-likeness (QED) is 0.470. The van der Waals surface area contributed by atoms with Crippen LogP contribution in [0, 0.1) is 11.8 Å². The zero-order chi connectivity index (χ0) is 18.5. The largest absolute Gasteiger partial charge is 0.371 e. The lowest BCUT2D eigenvalue weighted by atomic mass is 10.1. The van der Waals surface area contributed by atoms with Crippen LogP contribution < -0.4 is 4.90 Å². The number of benzene rings is 2. The molecule has 2 aromatic carbocycles. The lowest BCUT2D eigenvalue weighted by molar-refractivity contribution is 0.553. The van der Waals surface area contributed by atoms with Gasteiger partial charge in [0.25, 0.3) is 0 Å². The summed E-state index contributed by atoms with van der Waals surface area (Å²) < 4.78 is 1.24. The van der Waals surface area contributed by atoms with E-state index in [1.807, 2.05) is 6.07 Å². The smallest absolute Gasteiger partial charge is 0.117 e. The van der Waals surface area contributed by atoms with Gasteiger partial charge < -0.3 is 4.90 Å². The van der Waals surface area contributed by atoms with Crippen molar-refractivity contribution in [2.75, 3.05) is 18.0 Å². The predicted octanol–water partition coefficient (Wildman–Crippen LogP) is 6.59. The Labute approximate surface area is 161 Å². The normalized spacial score (nSPS) is 11.9. The fraction of sp³-hybridized carbons (Fsp3) is 0.348. The summed E-state index contributed by atoms with van der Waals surface area (Å²) >= 11 is 1.73. The Morgan fingerprint density at radius 3 is 2.15 bits per heavy atom. The van der Waals surface area contributed by atoms with Crippen LogP contribution in [0.4, 0.5) is 5.69 Å². The van der Waals surface area contributed by atoms with E-state index in [9.17, 15) is 0 Å². The second-order valence-corrected chi connectivity index (χ2v) is 8.70. The Kier molecular flexibility index (Phi) is 6.10. The summed E-state index contributed by atoms with van der Waals surface area (Å²) in [7, 11) is 0. The van der Waals surface area contributed by atoms with Crippen LogP contribution in [0.15, 0.2) is 48.5 Å². The summed E-state index contributed by atoms with van der Waals surface area (Å²) in [6, 6.07) is 17.2. The van der Waals surface area contributed by atoms with Crippen molar-refractivity contribution in [3.63, 3.8) is 0 Å². The lowest BCUT2D eigenvalue weighted by Crippen LogP contribution is -2.31. The molecule has 0 amide bonds. The topological polar surface area (TPSA) is 16.1 Å². The first-order chi connectivity index (χ1) is 12.5. The highest BCUT2D eigenvalue weighted by atomic mass is 32.1. The summed E-state index contributed by atoms with van der Waals surface area (Å²) in [6.07, 6.45) is 4.26. The van der Waals surface area contributed by atoms with Gasteiger partial charge in [-0.3, -0.25) is 0 Å². The van der Waals surface area contributed by atoms with Gasteiger partial charge in [-0.2, -0.15) is 0 Å². The van der Waals surface area contributed by atoms with E-state index in [1.165, 1.54) is 16.0 Å². The van der Waals surface area contributed by atoms with E-state index < -0.39 is 0 Å². The van der Waals surface area contributed by atoms with E-state index in [0.29, 0.717) is 11.8 Å². The summed E-state index contributed by atoms with van der Waals surface area (Å²) in [4.78, 5) is 7.16. The summed E-state index contributed by atoms with van der Waals surface area (Å²) in [5, 5.41) is 1.05. The molecule has 1 heterocycles. The average Bonchev–Trinajstić information content (AvgIpc) is 3.02. The monoisotopic (exact) mass is 364 g/mol. The first-order valence-corrected chi connectivity index (χ1v) is 10.2. The van der Waals surface area contributed by atoms with Crippen molar-refractivity contribution in [2.45, 2.75) is 27.7 Å². The van der Waals surface area contributed by atoms with Gasteiger partial charge in [0.15, 0.2) is 0 Å². The highest BCUT2D eigenvalue weighted by Crippen LogP contribution is 2.24. The van der Waals surface area contributed by atoms with Crippen molar-refractivity contribution in [2.24, 2.45) is 11.8 Å². The highest BCUT2D eigenvalue weighted by Gasteiger charge is 2.10. The first kappa shape index (κ1) is 18.7. The SMILES string of the molecule is CC(C)CN(CC(C)C)c1ccc(/C=C/c2nc3ccccc3s2)cc1. The van der Waals surface area contributed by atoms with Gasteiger partial charge in [-0.25, -0.2) is 4.98 Å². The third kappa shape index (κ3) is 4.95. The van der Waals surface area contributed by atoms with Crippen LogP contribution in [0.5, 0.6) is 0 Å². The Hall–Kier alpha value is -2.13. The van der Waals surface area contributed by atoms with Crippen LogP contribution in [0.2, 0.25) is 0 Å². The number of hydrogen-bond acceptors (Lipinski definition) is 3. The summed E-state index contributed by atoms with van der Waals surface area (Å²) in [5.74, 6) is 1.32. The molecule has 0 saturated carbocycles. The lowest BCUT2D eigenvalue weighted by Gasteiger charge is -2.28. The number of rotatable bonds is 7. The van der Waals surface area contributed by atoms with E-state index in [2.05, 4.69) is 92.2 Å². The average molecular weight is 365 g/mol. The third-order valence-electron chi connectivity index (χ3n) is 4.16. The van der Waals surface area contributed by atoms with Crippen LogP contribution in [0.25, 0.3) is 22.4 Å². The van der Waals surface area contributed by atoms with Crippen molar-refractivity contribution < 1.29 is 0 Å². The fourth-order valence-electron chi connectivity index (χ4n) is 3.09. The second-order valence-electron chi connectivity index (χ2n) is 7.64.